The molecular weight excluding hydrogens is 374 g/mol. The first kappa shape index (κ1) is 21.6. The number of nitrogens with zero attached hydrogens (tertiary/aromatic N) is 4. The van der Waals surface area contributed by atoms with Gasteiger partial charge in [0.05, 0.1) is 38.0 Å². The van der Waals surface area contributed by atoms with Crippen molar-refractivity contribution < 1.29 is 19.1 Å². The van der Waals surface area contributed by atoms with Crippen molar-refractivity contribution in [2.24, 2.45) is 0 Å². The first-order valence-electron chi connectivity index (χ1n) is 10.3. The highest BCUT2D eigenvalue weighted by Gasteiger charge is 2.41. The minimum absolute atomic E-state index is 0.0965. The number of hydrogen-bond donors (Lipinski definition) is 1. The Morgan fingerprint density at radius 3 is 2.83 bits per heavy atom. The predicted octanol–water partition coefficient (Wildman–Crippen LogP) is 1.34. The fraction of sp³-hybridized carbons (Fsp3) is 0.750. The zero-order chi connectivity index (χ0) is 21.1. The fourth-order valence-electron chi connectivity index (χ4n) is 3.83. The molecule has 162 valence electrons. The lowest BCUT2D eigenvalue weighted by Gasteiger charge is -2.44. The van der Waals surface area contributed by atoms with Gasteiger partial charge >= 0.3 is 6.09 Å². The molecule has 2 aliphatic heterocycles. The Hall–Kier alpha value is -2.13. The molecule has 1 aromatic rings. The van der Waals surface area contributed by atoms with Crippen molar-refractivity contribution in [3.8, 4) is 0 Å². The molecule has 1 atom stereocenters. The lowest BCUT2D eigenvalue weighted by atomic mass is 9.94. The van der Waals surface area contributed by atoms with E-state index in [-0.39, 0.29) is 12.0 Å². The first-order chi connectivity index (χ1) is 13.7. The zero-order valence-electron chi connectivity index (χ0n) is 17.9. The standard InChI is InChI=1S/C20H33N5O4/c1-19(2,3)29-18(27)24-10-11-28-20(15-24)6-5-7-21-8-9-25-13-16(12-22-25)17(26)23(4)14-20/h12-13,21H,5-11,14-15H2,1-4H3. The number of ether oxygens (including phenoxy) is 2. The maximum atomic E-state index is 12.9. The minimum atomic E-state index is -0.620. The molecule has 1 saturated heterocycles. The predicted molar refractivity (Wildman–Crippen MR) is 108 cm³/mol. The molecule has 2 bridgehead atoms. The number of amides is 2. The third kappa shape index (κ3) is 5.70. The second-order valence-electron chi connectivity index (χ2n) is 8.94. The molecule has 9 heteroatoms. The van der Waals surface area contributed by atoms with Crippen LogP contribution in [0.3, 0.4) is 0 Å². The van der Waals surface area contributed by atoms with Crippen LogP contribution in [0.4, 0.5) is 4.79 Å². The molecule has 29 heavy (non-hydrogen) atoms. The van der Waals surface area contributed by atoms with E-state index in [0.717, 1.165) is 25.9 Å². The fourth-order valence-corrected chi connectivity index (χ4v) is 3.83. The first-order valence-corrected chi connectivity index (χ1v) is 10.3. The molecule has 9 nitrogen and oxygen atoms in total. The van der Waals surface area contributed by atoms with Gasteiger partial charge in [-0.15, -0.1) is 0 Å². The van der Waals surface area contributed by atoms with Gasteiger partial charge < -0.3 is 24.6 Å². The van der Waals surface area contributed by atoms with Gasteiger partial charge in [-0.25, -0.2) is 4.79 Å². The summed E-state index contributed by atoms with van der Waals surface area (Å²) >= 11 is 0. The van der Waals surface area contributed by atoms with Crippen molar-refractivity contribution in [1.29, 1.82) is 0 Å². The molecule has 1 aromatic heterocycles. The molecule has 1 unspecified atom stereocenters. The number of carbonyl (C=O) groups excluding carboxylic acids is 2. The summed E-state index contributed by atoms with van der Waals surface area (Å²) in [6.07, 6.45) is 4.67. The topological polar surface area (TPSA) is 88.9 Å². The average Bonchev–Trinajstić information content (AvgIpc) is 3.11. The number of fused-ring (bicyclic) bond motifs is 2. The third-order valence-electron chi connectivity index (χ3n) is 5.16. The number of nitrogens with one attached hydrogen (secondary N) is 1. The lowest BCUT2D eigenvalue weighted by Crippen LogP contribution is -2.59. The third-order valence-corrected chi connectivity index (χ3v) is 5.16. The monoisotopic (exact) mass is 407 g/mol. The Morgan fingerprint density at radius 2 is 2.07 bits per heavy atom. The van der Waals surface area contributed by atoms with Crippen molar-refractivity contribution >= 4 is 12.0 Å². The molecule has 3 rings (SSSR count). The van der Waals surface area contributed by atoms with Crippen LogP contribution in [0.5, 0.6) is 0 Å². The largest absolute Gasteiger partial charge is 0.444 e. The maximum absolute atomic E-state index is 12.9. The molecule has 2 aliphatic rings. The Labute approximate surface area is 172 Å². The van der Waals surface area contributed by atoms with Crippen LogP contribution in [0.1, 0.15) is 44.0 Å². The van der Waals surface area contributed by atoms with Crippen molar-refractivity contribution in [2.45, 2.75) is 51.4 Å². The summed E-state index contributed by atoms with van der Waals surface area (Å²) < 4.78 is 13.6. The van der Waals surface area contributed by atoms with Crippen LogP contribution in [0.25, 0.3) is 0 Å². The van der Waals surface area contributed by atoms with E-state index in [1.54, 1.807) is 33.9 Å². The van der Waals surface area contributed by atoms with Crippen LogP contribution >= 0.6 is 0 Å². The molecule has 1 spiro atoms. The number of aromatic nitrogens is 2. The van der Waals surface area contributed by atoms with Gasteiger partial charge in [-0.1, -0.05) is 0 Å². The quantitative estimate of drug-likeness (QED) is 0.698. The second-order valence-corrected chi connectivity index (χ2v) is 8.94. The summed E-state index contributed by atoms with van der Waals surface area (Å²) in [6, 6.07) is 0. The van der Waals surface area contributed by atoms with Crippen LogP contribution in [-0.4, -0.2) is 89.2 Å². The van der Waals surface area contributed by atoms with Gasteiger partial charge in [0.1, 0.15) is 11.2 Å². The molecular formula is C20H33N5O4. The Balaban J connectivity index is 1.78. The summed E-state index contributed by atoms with van der Waals surface area (Å²) in [6.45, 7) is 9.62. The minimum Gasteiger partial charge on any atom is -0.444 e. The molecule has 1 N–H and O–H groups in total. The smallest absolute Gasteiger partial charge is 0.410 e. The van der Waals surface area contributed by atoms with Crippen molar-refractivity contribution in [3.63, 3.8) is 0 Å². The van der Waals surface area contributed by atoms with Crippen LogP contribution in [0.15, 0.2) is 12.4 Å². The second kappa shape index (κ2) is 8.71. The molecule has 2 amide bonds. The van der Waals surface area contributed by atoms with E-state index in [1.165, 1.54) is 0 Å². The number of carbonyl (C=O) groups is 2. The van der Waals surface area contributed by atoms with Gasteiger partial charge in [0.15, 0.2) is 0 Å². The van der Waals surface area contributed by atoms with Crippen LogP contribution in [-0.2, 0) is 16.0 Å². The Bertz CT molecular complexity index is 729. The van der Waals surface area contributed by atoms with Crippen LogP contribution in [0.2, 0.25) is 0 Å². The van der Waals surface area contributed by atoms with E-state index in [4.69, 9.17) is 9.47 Å². The highest BCUT2D eigenvalue weighted by molar-refractivity contribution is 5.93. The van der Waals surface area contributed by atoms with Gasteiger partial charge in [-0.05, 0) is 40.2 Å². The number of morpholine rings is 1. The summed E-state index contributed by atoms with van der Waals surface area (Å²) in [5.41, 5.74) is -0.614. The van der Waals surface area contributed by atoms with Crippen LogP contribution < -0.4 is 5.32 Å². The van der Waals surface area contributed by atoms with Gasteiger partial charge in [-0.3, -0.25) is 9.48 Å². The SMILES string of the molecule is CN1CC2(CCCNCCn3cc(cn3)C1=O)CN(C(=O)OC(C)(C)C)CCO2. The van der Waals surface area contributed by atoms with Crippen LogP contribution in [0, 0.1) is 0 Å². The highest BCUT2D eigenvalue weighted by atomic mass is 16.6. The van der Waals surface area contributed by atoms with Gasteiger partial charge in [0.25, 0.3) is 5.91 Å². The van der Waals surface area contributed by atoms with E-state index >= 15 is 0 Å². The summed E-state index contributed by atoms with van der Waals surface area (Å²) in [4.78, 5) is 28.9. The highest BCUT2D eigenvalue weighted by Crippen LogP contribution is 2.27. The van der Waals surface area contributed by atoms with E-state index in [2.05, 4.69) is 10.4 Å². The van der Waals surface area contributed by atoms with Gasteiger partial charge in [0.2, 0.25) is 0 Å². The molecule has 0 aliphatic carbocycles. The summed E-state index contributed by atoms with van der Waals surface area (Å²) in [7, 11) is 1.77. The summed E-state index contributed by atoms with van der Waals surface area (Å²) in [5, 5.41) is 7.68. The van der Waals surface area contributed by atoms with Crippen molar-refractivity contribution in [2.75, 3.05) is 46.4 Å². The molecule has 1 fully saturated rings. The molecule has 0 aromatic carbocycles. The number of hydrogen-bond acceptors (Lipinski definition) is 6. The summed E-state index contributed by atoms with van der Waals surface area (Å²) in [5.74, 6) is -0.0965. The Morgan fingerprint density at radius 1 is 1.28 bits per heavy atom. The normalized spacial score (nSPS) is 24.6. The Kier molecular flexibility index (Phi) is 6.48. The molecule has 3 heterocycles. The van der Waals surface area contributed by atoms with Crippen molar-refractivity contribution in [1.82, 2.24) is 24.9 Å². The lowest BCUT2D eigenvalue weighted by molar-refractivity contribution is -0.120. The average molecular weight is 408 g/mol. The van der Waals surface area contributed by atoms with E-state index < -0.39 is 11.2 Å². The zero-order valence-corrected chi connectivity index (χ0v) is 17.9. The van der Waals surface area contributed by atoms with Gasteiger partial charge in [-0.2, -0.15) is 5.10 Å². The molecule has 0 saturated carbocycles. The van der Waals surface area contributed by atoms with E-state index in [9.17, 15) is 9.59 Å². The molecule has 0 radical (unpaired) electrons. The van der Waals surface area contributed by atoms with Crippen molar-refractivity contribution in [3.05, 3.63) is 18.0 Å². The van der Waals surface area contributed by atoms with E-state index in [1.807, 2.05) is 20.8 Å². The van der Waals surface area contributed by atoms with Gasteiger partial charge in [0, 0.05) is 26.3 Å². The van der Waals surface area contributed by atoms with E-state index in [0.29, 0.717) is 38.3 Å². The maximum Gasteiger partial charge on any atom is 0.410 e. The number of rotatable bonds is 0. The number of likely N-dealkylation sites (N-methyl/N-ethyl adjacent to an activating group) is 1.